The predicted octanol–water partition coefficient (Wildman–Crippen LogP) is 1.73. The predicted molar refractivity (Wildman–Crippen MR) is 80.8 cm³/mol. The lowest BCUT2D eigenvalue weighted by atomic mass is 10.3. The van der Waals surface area contributed by atoms with Gasteiger partial charge in [0.05, 0.1) is 5.75 Å². The van der Waals surface area contributed by atoms with Gasteiger partial charge in [-0.2, -0.15) is 0 Å². The first kappa shape index (κ1) is 14.1. The summed E-state index contributed by atoms with van der Waals surface area (Å²) in [6.45, 7) is 2.79. The van der Waals surface area contributed by atoms with Crippen LogP contribution in [0.15, 0.2) is 29.7 Å². The number of amides is 1. The number of aromatic nitrogens is 4. The van der Waals surface area contributed by atoms with Gasteiger partial charge in [-0.25, -0.2) is 0 Å². The van der Waals surface area contributed by atoms with Crippen molar-refractivity contribution in [2.45, 2.75) is 37.5 Å². The van der Waals surface area contributed by atoms with E-state index in [0.29, 0.717) is 11.8 Å². The van der Waals surface area contributed by atoms with Crippen molar-refractivity contribution in [2.24, 2.45) is 0 Å². The van der Waals surface area contributed by atoms with E-state index in [4.69, 9.17) is 0 Å². The molecule has 1 fully saturated rings. The van der Waals surface area contributed by atoms with Crippen molar-refractivity contribution in [1.82, 2.24) is 25.1 Å². The monoisotopic (exact) mass is 303 g/mol. The molecule has 0 saturated heterocycles. The van der Waals surface area contributed by atoms with Crippen LogP contribution >= 0.6 is 11.8 Å². The van der Waals surface area contributed by atoms with Gasteiger partial charge in [-0.1, -0.05) is 11.8 Å². The van der Waals surface area contributed by atoms with E-state index in [1.54, 1.807) is 12.4 Å². The lowest BCUT2D eigenvalue weighted by Gasteiger charge is -2.07. The van der Waals surface area contributed by atoms with Crippen molar-refractivity contribution in [3.63, 3.8) is 0 Å². The van der Waals surface area contributed by atoms with E-state index >= 15 is 0 Å². The Bertz CT molecular complexity index is 624. The molecular weight excluding hydrogens is 286 g/mol. The number of nitrogens with zero attached hydrogens (tertiary/aromatic N) is 4. The van der Waals surface area contributed by atoms with Gasteiger partial charge in [0.25, 0.3) is 0 Å². The molecule has 0 radical (unpaired) electrons. The SMILES string of the molecule is CCn1c(SCC(=O)NC2CC2)nnc1-c1cccnc1. The molecule has 1 amide bonds. The molecule has 2 aromatic heterocycles. The molecule has 0 aliphatic heterocycles. The molecule has 0 bridgehead atoms. The first-order valence-corrected chi connectivity index (χ1v) is 8.02. The number of pyridine rings is 1. The molecule has 2 heterocycles. The van der Waals surface area contributed by atoms with Gasteiger partial charge < -0.3 is 9.88 Å². The zero-order valence-corrected chi connectivity index (χ0v) is 12.6. The zero-order valence-electron chi connectivity index (χ0n) is 11.8. The lowest BCUT2D eigenvalue weighted by molar-refractivity contribution is -0.118. The van der Waals surface area contributed by atoms with Crippen molar-refractivity contribution in [3.8, 4) is 11.4 Å². The van der Waals surface area contributed by atoms with Crippen LogP contribution in [0.25, 0.3) is 11.4 Å². The quantitative estimate of drug-likeness (QED) is 0.823. The third-order valence-corrected chi connectivity index (χ3v) is 4.19. The summed E-state index contributed by atoms with van der Waals surface area (Å²) in [4.78, 5) is 15.9. The summed E-state index contributed by atoms with van der Waals surface area (Å²) >= 11 is 1.42. The number of carbonyl (C=O) groups is 1. The van der Waals surface area contributed by atoms with Gasteiger partial charge in [-0.3, -0.25) is 9.78 Å². The molecule has 1 N–H and O–H groups in total. The summed E-state index contributed by atoms with van der Waals surface area (Å²) in [5, 5.41) is 12.2. The molecule has 1 aliphatic rings. The van der Waals surface area contributed by atoms with Crippen molar-refractivity contribution in [1.29, 1.82) is 0 Å². The Morgan fingerprint density at radius 3 is 3.00 bits per heavy atom. The highest BCUT2D eigenvalue weighted by Gasteiger charge is 2.23. The molecule has 2 aromatic rings. The maximum Gasteiger partial charge on any atom is 0.230 e. The standard InChI is InChI=1S/C14H17N5OS/c1-2-19-13(10-4-3-7-15-8-10)17-18-14(19)21-9-12(20)16-11-5-6-11/h3-4,7-8,11H,2,5-6,9H2,1H3,(H,16,20). The average molecular weight is 303 g/mol. The van der Waals surface area contributed by atoms with E-state index in [0.717, 1.165) is 35.9 Å². The van der Waals surface area contributed by atoms with Crippen molar-refractivity contribution < 1.29 is 4.79 Å². The third kappa shape index (κ3) is 3.41. The van der Waals surface area contributed by atoms with Crippen LogP contribution in [0.1, 0.15) is 19.8 Å². The first-order valence-electron chi connectivity index (χ1n) is 7.03. The Labute approximate surface area is 127 Å². The van der Waals surface area contributed by atoms with E-state index < -0.39 is 0 Å². The van der Waals surface area contributed by atoms with Crippen LogP contribution in [-0.4, -0.2) is 37.5 Å². The van der Waals surface area contributed by atoms with Crippen LogP contribution in [0.3, 0.4) is 0 Å². The smallest absolute Gasteiger partial charge is 0.230 e. The second-order valence-electron chi connectivity index (χ2n) is 4.92. The fraction of sp³-hybridized carbons (Fsp3) is 0.429. The number of carbonyl (C=O) groups excluding carboxylic acids is 1. The minimum Gasteiger partial charge on any atom is -0.353 e. The average Bonchev–Trinajstić information content (AvgIpc) is 3.22. The number of hydrogen-bond donors (Lipinski definition) is 1. The van der Waals surface area contributed by atoms with Crippen LogP contribution in [0.5, 0.6) is 0 Å². The van der Waals surface area contributed by atoms with Gasteiger partial charge in [0.15, 0.2) is 11.0 Å². The van der Waals surface area contributed by atoms with E-state index in [1.165, 1.54) is 11.8 Å². The maximum atomic E-state index is 11.7. The van der Waals surface area contributed by atoms with Crippen molar-refractivity contribution in [2.75, 3.05) is 5.75 Å². The van der Waals surface area contributed by atoms with E-state index in [-0.39, 0.29) is 5.91 Å². The van der Waals surface area contributed by atoms with E-state index in [2.05, 4.69) is 20.5 Å². The number of nitrogens with one attached hydrogen (secondary N) is 1. The van der Waals surface area contributed by atoms with E-state index in [9.17, 15) is 4.79 Å². The Morgan fingerprint density at radius 1 is 1.48 bits per heavy atom. The summed E-state index contributed by atoms with van der Waals surface area (Å²) in [7, 11) is 0. The summed E-state index contributed by atoms with van der Waals surface area (Å²) in [6.07, 6.45) is 5.71. The second-order valence-corrected chi connectivity index (χ2v) is 5.87. The molecule has 110 valence electrons. The third-order valence-electron chi connectivity index (χ3n) is 3.23. The number of hydrogen-bond acceptors (Lipinski definition) is 5. The normalized spacial score (nSPS) is 14.1. The van der Waals surface area contributed by atoms with Gasteiger partial charge in [-0.15, -0.1) is 10.2 Å². The van der Waals surface area contributed by atoms with Crippen LogP contribution in [0, 0.1) is 0 Å². The van der Waals surface area contributed by atoms with Crippen LogP contribution in [0.2, 0.25) is 0 Å². The fourth-order valence-corrected chi connectivity index (χ4v) is 2.83. The highest BCUT2D eigenvalue weighted by Crippen LogP contribution is 2.24. The van der Waals surface area contributed by atoms with Crippen LogP contribution < -0.4 is 5.32 Å². The Hall–Kier alpha value is -1.89. The first-order chi connectivity index (χ1) is 10.3. The van der Waals surface area contributed by atoms with Gasteiger partial charge in [-0.05, 0) is 31.9 Å². The maximum absolute atomic E-state index is 11.7. The molecule has 21 heavy (non-hydrogen) atoms. The topological polar surface area (TPSA) is 72.7 Å². The molecule has 0 spiro atoms. The summed E-state index contributed by atoms with van der Waals surface area (Å²) in [5.74, 6) is 1.23. The van der Waals surface area contributed by atoms with Gasteiger partial charge in [0, 0.05) is 30.5 Å². The number of rotatable bonds is 6. The molecule has 1 saturated carbocycles. The molecule has 6 nitrogen and oxygen atoms in total. The molecule has 1 aliphatic carbocycles. The largest absolute Gasteiger partial charge is 0.353 e. The summed E-state index contributed by atoms with van der Waals surface area (Å²) in [5.41, 5.74) is 0.932. The Morgan fingerprint density at radius 2 is 2.33 bits per heavy atom. The summed E-state index contributed by atoms with van der Waals surface area (Å²) < 4.78 is 2.01. The van der Waals surface area contributed by atoms with Crippen molar-refractivity contribution in [3.05, 3.63) is 24.5 Å². The fourth-order valence-electron chi connectivity index (χ4n) is 2.02. The minimum absolute atomic E-state index is 0.0658. The lowest BCUT2D eigenvalue weighted by Crippen LogP contribution is -2.27. The molecule has 0 atom stereocenters. The van der Waals surface area contributed by atoms with E-state index in [1.807, 2.05) is 23.6 Å². The molecule has 0 aromatic carbocycles. The Balaban J connectivity index is 1.70. The van der Waals surface area contributed by atoms with Gasteiger partial charge in [0.2, 0.25) is 5.91 Å². The Kier molecular flexibility index (Phi) is 4.19. The highest BCUT2D eigenvalue weighted by molar-refractivity contribution is 7.99. The number of thioether (sulfide) groups is 1. The van der Waals surface area contributed by atoms with Crippen LogP contribution in [-0.2, 0) is 11.3 Å². The van der Waals surface area contributed by atoms with Gasteiger partial charge >= 0.3 is 0 Å². The van der Waals surface area contributed by atoms with Crippen molar-refractivity contribution >= 4 is 17.7 Å². The van der Waals surface area contributed by atoms with Crippen LogP contribution in [0.4, 0.5) is 0 Å². The summed E-state index contributed by atoms with van der Waals surface area (Å²) in [6, 6.07) is 4.23. The minimum atomic E-state index is 0.0658. The molecular formula is C14H17N5OS. The second kappa shape index (κ2) is 6.26. The molecule has 3 rings (SSSR count). The molecule has 0 unspecified atom stereocenters. The highest BCUT2D eigenvalue weighted by atomic mass is 32.2. The molecule has 7 heteroatoms. The zero-order chi connectivity index (χ0) is 14.7. The van der Waals surface area contributed by atoms with Gasteiger partial charge in [0.1, 0.15) is 0 Å².